The fourth-order valence-corrected chi connectivity index (χ4v) is 3.30. The summed E-state index contributed by atoms with van der Waals surface area (Å²) in [6.45, 7) is 3.01. The van der Waals surface area contributed by atoms with E-state index in [1.54, 1.807) is 13.2 Å². The van der Waals surface area contributed by atoms with E-state index in [9.17, 15) is 0 Å². The third kappa shape index (κ3) is 7.27. The number of hydrogen-bond acceptors (Lipinski definition) is 3. The van der Waals surface area contributed by atoms with Crippen molar-refractivity contribution in [1.82, 2.24) is 20.2 Å². The van der Waals surface area contributed by atoms with Crippen LogP contribution in [0, 0.1) is 5.92 Å². The average molecular weight is 531 g/mol. The largest absolute Gasteiger partial charge is 0.493 e. The summed E-state index contributed by atoms with van der Waals surface area (Å²) in [5.74, 6) is 2.47. The summed E-state index contributed by atoms with van der Waals surface area (Å²) >= 11 is 0. The second kappa shape index (κ2) is 11.7. The predicted octanol–water partition coefficient (Wildman–Crippen LogP) is 4.20. The number of halogens is 1. The van der Waals surface area contributed by atoms with Crippen LogP contribution in [0.2, 0.25) is 0 Å². The van der Waals surface area contributed by atoms with Gasteiger partial charge < -0.3 is 19.9 Å². The van der Waals surface area contributed by atoms with Crippen LogP contribution in [0.15, 0.2) is 72.2 Å². The number of para-hydroxylation sites is 1. The molecule has 1 aliphatic rings. The van der Waals surface area contributed by atoms with Gasteiger partial charge in [-0.25, -0.2) is 4.98 Å². The molecule has 2 aromatic carbocycles. The van der Waals surface area contributed by atoms with Gasteiger partial charge in [0.2, 0.25) is 0 Å². The van der Waals surface area contributed by atoms with E-state index in [0.29, 0.717) is 13.1 Å². The van der Waals surface area contributed by atoms with E-state index in [1.165, 1.54) is 24.0 Å². The number of guanidine groups is 1. The summed E-state index contributed by atoms with van der Waals surface area (Å²) in [6.07, 6.45) is 8.20. The van der Waals surface area contributed by atoms with Crippen molar-refractivity contribution < 1.29 is 4.74 Å². The molecule has 0 unspecified atom stereocenters. The van der Waals surface area contributed by atoms with Gasteiger partial charge in [0.05, 0.1) is 12.9 Å². The summed E-state index contributed by atoms with van der Waals surface area (Å²) < 4.78 is 8.07. The number of benzene rings is 2. The van der Waals surface area contributed by atoms with Crippen LogP contribution in [-0.2, 0) is 19.6 Å². The summed E-state index contributed by atoms with van der Waals surface area (Å²) in [7, 11) is 1.79. The number of ether oxygens (including phenoxy) is 1. The summed E-state index contributed by atoms with van der Waals surface area (Å²) in [4.78, 5) is 8.46. The summed E-state index contributed by atoms with van der Waals surface area (Å²) in [5.41, 5.74) is 3.60. The highest BCUT2D eigenvalue weighted by molar-refractivity contribution is 14.0. The molecule has 0 radical (unpaired) electrons. The molecule has 0 amide bonds. The van der Waals surface area contributed by atoms with Crippen molar-refractivity contribution in [1.29, 1.82) is 0 Å². The first-order valence-corrected chi connectivity index (χ1v) is 10.5. The van der Waals surface area contributed by atoms with E-state index < -0.39 is 0 Å². The maximum absolute atomic E-state index is 6.01. The number of nitrogens with one attached hydrogen (secondary N) is 2. The molecule has 0 saturated heterocycles. The smallest absolute Gasteiger partial charge is 0.191 e. The van der Waals surface area contributed by atoms with Crippen molar-refractivity contribution in [2.45, 2.75) is 32.5 Å². The average Bonchev–Trinajstić information content (AvgIpc) is 3.47. The molecule has 164 valence electrons. The minimum atomic E-state index is 0. The molecule has 0 atom stereocenters. The molecule has 7 heteroatoms. The molecular formula is C24H30IN5O. The van der Waals surface area contributed by atoms with Crippen molar-refractivity contribution in [2.24, 2.45) is 10.9 Å². The lowest BCUT2D eigenvalue weighted by atomic mass is 10.1. The van der Waals surface area contributed by atoms with Gasteiger partial charge in [0.25, 0.3) is 0 Å². The number of aliphatic imine (C=N–C) groups is 1. The number of rotatable bonds is 9. The van der Waals surface area contributed by atoms with E-state index in [0.717, 1.165) is 36.3 Å². The van der Waals surface area contributed by atoms with Gasteiger partial charge in [0, 0.05) is 44.6 Å². The number of imidazole rings is 1. The van der Waals surface area contributed by atoms with Crippen molar-refractivity contribution in [3.8, 4) is 5.75 Å². The van der Waals surface area contributed by atoms with Crippen LogP contribution in [0.4, 0.5) is 0 Å². The van der Waals surface area contributed by atoms with Gasteiger partial charge in [-0.15, -0.1) is 24.0 Å². The second-order valence-corrected chi connectivity index (χ2v) is 7.70. The van der Waals surface area contributed by atoms with E-state index >= 15 is 0 Å². The number of hydrogen-bond donors (Lipinski definition) is 2. The summed E-state index contributed by atoms with van der Waals surface area (Å²) in [6, 6.07) is 16.8. The van der Waals surface area contributed by atoms with Gasteiger partial charge in [-0.05, 0) is 36.0 Å². The first-order chi connectivity index (χ1) is 14.8. The third-order valence-electron chi connectivity index (χ3n) is 5.19. The Morgan fingerprint density at radius 3 is 2.68 bits per heavy atom. The monoisotopic (exact) mass is 531 g/mol. The first kappa shape index (κ1) is 23.1. The van der Waals surface area contributed by atoms with E-state index in [4.69, 9.17) is 4.74 Å². The highest BCUT2D eigenvalue weighted by Crippen LogP contribution is 2.30. The first-order valence-electron chi connectivity index (χ1n) is 10.5. The lowest BCUT2D eigenvalue weighted by Gasteiger charge is -2.15. The molecule has 1 aliphatic carbocycles. The van der Waals surface area contributed by atoms with E-state index in [2.05, 4.69) is 55.5 Å². The highest BCUT2D eigenvalue weighted by Gasteiger charge is 2.22. The van der Waals surface area contributed by atoms with Crippen LogP contribution in [0.5, 0.6) is 5.75 Å². The number of nitrogens with zero attached hydrogens (tertiary/aromatic N) is 3. The second-order valence-electron chi connectivity index (χ2n) is 7.70. The molecule has 1 fully saturated rings. The van der Waals surface area contributed by atoms with Gasteiger partial charge in [-0.2, -0.15) is 0 Å². The lowest BCUT2D eigenvalue weighted by molar-refractivity contribution is 0.296. The van der Waals surface area contributed by atoms with Crippen LogP contribution < -0.4 is 15.4 Å². The van der Waals surface area contributed by atoms with Gasteiger partial charge in [-0.1, -0.05) is 42.5 Å². The molecule has 4 rings (SSSR count). The Morgan fingerprint density at radius 1 is 1.10 bits per heavy atom. The Balaban J connectivity index is 0.00000272. The lowest BCUT2D eigenvalue weighted by Crippen LogP contribution is -2.36. The van der Waals surface area contributed by atoms with Crippen LogP contribution >= 0.6 is 24.0 Å². The van der Waals surface area contributed by atoms with Crippen molar-refractivity contribution in [3.63, 3.8) is 0 Å². The molecule has 2 N–H and O–H groups in total. The number of aromatic nitrogens is 2. The SMILES string of the molecule is CN=C(NCc1cccc(Cn2ccnc2)c1)NCc1ccccc1OCC1CC1.I. The van der Waals surface area contributed by atoms with E-state index in [1.807, 2.05) is 30.7 Å². The molecule has 1 heterocycles. The van der Waals surface area contributed by atoms with Gasteiger partial charge in [-0.3, -0.25) is 4.99 Å². The Morgan fingerprint density at radius 2 is 1.90 bits per heavy atom. The minimum Gasteiger partial charge on any atom is -0.493 e. The molecule has 1 saturated carbocycles. The molecule has 1 aromatic heterocycles. The van der Waals surface area contributed by atoms with Gasteiger partial charge in [0.15, 0.2) is 5.96 Å². The maximum atomic E-state index is 6.01. The predicted molar refractivity (Wildman–Crippen MR) is 135 cm³/mol. The van der Waals surface area contributed by atoms with Crippen molar-refractivity contribution in [3.05, 3.63) is 83.9 Å². The van der Waals surface area contributed by atoms with Crippen molar-refractivity contribution in [2.75, 3.05) is 13.7 Å². The van der Waals surface area contributed by atoms with Gasteiger partial charge >= 0.3 is 0 Å². The zero-order valence-corrected chi connectivity index (χ0v) is 20.2. The molecule has 0 aliphatic heterocycles. The van der Waals surface area contributed by atoms with Crippen LogP contribution in [0.3, 0.4) is 0 Å². The Bertz CT molecular complexity index is 970. The molecule has 0 spiro atoms. The van der Waals surface area contributed by atoms with Crippen LogP contribution in [0.1, 0.15) is 29.5 Å². The van der Waals surface area contributed by atoms with E-state index in [-0.39, 0.29) is 24.0 Å². The van der Waals surface area contributed by atoms with Crippen LogP contribution in [-0.4, -0.2) is 29.2 Å². The fraction of sp³-hybridized carbons (Fsp3) is 0.333. The fourth-order valence-electron chi connectivity index (χ4n) is 3.30. The standard InChI is InChI=1S/C24H29N5O.HI/c1-25-24(28-15-22-7-2-3-8-23(22)30-17-19-9-10-19)27-14-20-5-4-6-21(13-20)16-29-12-11-26-18-29;/h2-8,11-13,18-19H,9-10,14-17H2,1H3,(H2,25,27,28);1H. The molecular weight excluding hydrogens is 501 g/mol. The molecule has 3 aromatic rings. The van der Waals surface area contributed by atoms with Gasteiger partial charge in [0.1, 0.15) is 5.75 Å². The van der Waals surface area contributed by atoms with Crippen LogP contribution in [0.25, 0.3) is 0 Å². The Hall–Kier alpha value is -2.55. The Kier molecular flexibility index (Phi) is 8.75. The zero-order valence-electron chi connectivity index (χ0n) is 17.8. The molecule has 31 heavy (non-hydrogen) atoms. The topological polar surface area (TPSA) is 63.5 Å². The minimum absolute atomic E-state index is 0. The quantitative estimate of drug-likeness (QED) is 0.247. The zero-order chi connectivity index (χ0) is 20.6. The van der Waals surface area contributed by atoms with Crippen molar-refractivity contribution >= 4 is 29.9 Å². The maximum Gasteiger partial charge on any atom is 0.191 e. The highest BCUT2D eigenvalue weighted by atomic mass is 127. The molecule has 6 nitrogen and oxygen atoms in total. The molecule has 0 bridgehead atoms. The normalized spacial score (nSPS) is 13.4. The summed E-state index contributed by atoms with van der Waals surface area (Å²) in [5, 5.41) is 6.80. The third-order valence-corrected chi connectivity index (χ3v) is 5.19. The Labute approximate surface area is 201 Å².